The van der Waals surface area contributed by atoms with Gasteiger partial charge in [-0.05, 0) is 65.3 Å². The van der Waals surface area contributed by atoms with E-state index in [1.807, 2.05) is 0 Å². The van der Waals surface area contributed by atoms with Crippen molar-refractivity contribution in [2.75, 3.05) is 0 Å². The Balaban J connectivity index is 3.44. The number of halogens is 4. The predicted molar refractivity (Wildman–Crippen MR) is 71.3 cm³/mol. The molecular weight excluding hydrogens is 428 g/mol. The molecule has 0 aliphatic heterocycles. The second kappa shape index (κ2) is 4.77. The smallest absolute Gasteiger partial charge is 0.0463 e. The van der Waals surface area contributed by atoms with E-state index in [1.165, 1.54) is 5.56 Å². The van der Waals surface area contributed by atoms with E-state index in [0.717, 1.165) is 17.9 Å². The number of hydrogen-bond acceptors (Lipinski definition) is 0. The summed E-state index contributed by atoms with van der Waals surface area (Å²) in [7, 11) is 0. The molecule has 0 saturated carbocycles. The monoisotopic (exact) mass is 432 g/mol. The van der Waals surface area contributed by atoms with E-state index in [9.17, 15) is 0 Å². The van der Waals surface area contributed by atoms with E-state index < -0.39 is 0 Å². The second-order valence-corrected chi connectivity index (χ2v) is 6.33. The van der Waals surface area contributed by atoms with E-state index in [4.69, 9.17) is 0 Å². The fourth-order valence-electron chi connectivity index (χ4n) is 1.11. The summed E-state index contributed by atoms with van der Waals surface area (Å²) in [5.41, 5.74) is 1.29. The van der Waals surface area contributed by atoms with Gasteiger partial charge in [0.05, 0.1) is 0 Å². The molecule has 72 valence electrons. The first-order valence-corrected chi connectivity index (χ1v) is 6.95. The molecule has 0 N–H and O–H groups in total. The van der Waals surface area contributed by atoms with Crippen molar-refractivity contribution in [2.45, 2.75) is 19.8 Å². The third-order valence-electron chi connectivity index (χ3n) is 1.73. The quantitative estimate of drug-likeness (QED) is 0.383. The third kappa shape index (κ3) is 2.58. The van der Waals surface area contributed by atoms with E-state index in [1.54, 1.807) is 0 Å². The zero-order chi connectivity index (χ0) is 10.2. The van der Waals surface area contributed by atoms with E-state index in [0.29, 0.717) is 5.92 Å². The summed E-state index contributed by atoms with van der Waals surface area (Å²) in [6.45, 7) is 4.34. The molecule has 0 nitrogen and oxygen atoms in total. The number of hydrogen-bond donors (Lipinski definition) is 0. The van der Waals surface area contributed by atoms with Gasteiger partial charge in [-0.25, -0.2) is 0 Å². The van der Waals surface area contributed by atoms with Crippen molar-refractivity contribution in [2.24, 2.45) is 0 Å². The fraction of sp³-hybridized carbons (Fsp3) is 0.333. The van der Waals surface area contributed by atoms with Crippen LogP contribution >= 0.6 is 63.7 Å². The van der Waals surface area contributed by atoms with Gasteiger partial charge >= 0.3 is 0 Å². The fourth-order valence-corrected chi connectivity index (χ4v) is 4.47. The minimum atomic E-state index is 0.494. The highest BCUT2D eigenvalue weighted by Crippen LogP contribution is 2.41. The van der Waals surface area contributed by atoms with Crippen LogP contribution < -0.4 is 0 Å². The Morgan fingerprint density at radius 1 is 0.923 bits per heavy atom. The van der Waals surface area contributed by atoms with Crippen LogP contribution in [0.2, 0.25) is 0 Å². The first kappa shape index (κ1) is 12.2. The number of benzene rings is 1. The summed E-state index contributed by atoms with van der Waals surface area (Å²) in [5, 5.41) is 0. The van der Waals surface area contributed by atoms with Gasteiger partial charge in [0, 0.05) is 17.9 Å². The van der Waals surface area contributed by atoms with Crippen LogP contribution in [0.25, 0.3) is 0 Å². The number of rotatable bonds is 1. The van der Waals surface area contributed by atoms with Crippen LogP contribution in [0.5, 0.6) is 0 Å². The van der Waals surface area contributed by atoms with E-state index in [-0.39, 0.29) is 0 Å². The van der Waals surface area contributed by atoms with Gasteiger partial charge in [0.1, 0.15) is 0 Å². The molecule has 0 amide bonds. The largest absolute Gasteiger partial charge is 0.0586 e. The summed E-state index contributed by atoms with van der Waals surface area (Å²) < 4.78 is 4.36. The molecule has 0 spiro atoms. The van der Waals surface area contributed by atoms with Crippen molar-refractivity contribution in [1.82, 2.24) is 0 Å². The summed E-state index contributed by atoms with van der Waals surface area (Å²) in [5.74, 6) is 0.494. The average molecular weight is 436 g/mol. The van der Waals surface area contributed by atoms with Crippen molar-refractivity contribution >= 4 is 63.7 Å². The topological polar surface area (TPSA) is 0 Å². The molecule has 0 heterocycles. The van der Waals surface area contributed by atoms with Gasteiger partial charge < -0.3 is 0 Å². The highest BCUT2D eigenvalue weighted by molar-refractivity contribution is 9.14. The van der Waals surface area contributed by atoms with E-state index in [2.05, 4.69) is 83.6 Å². The lowest BCUT2D eigenvalue weighted by Crippen LogP contribution is -1.92. The maximum atomic E-state index is 3.58. The van der Waals surface area contributed by atoms with E-state index >= 15 is 0 Å². The minimum absolute atomic E-state index is 0.494. The van der Waals surface area contributed by atoms with Crippen molar-refractivity contribution in [3.63, 3.8) is 0 Å². The highest BCUT2D eigenvalue weighted by atomic mass is 79.9. The highest BCUT2D eigenvalue weighted by Gasteiger charge is 2.14. The van der Waals surface area contributed by atoms with Crippen molar-refractivity contribution in [3.05, 3.63) is 29.5 Å². The van der Waals surface area contributed by atoms with Crippen LogP contribution in [0.3, 0.4) is 0 Å². The summed E-state index contributed by atoms with van der Waals surface area (Å²) in [6.07, 6.45) is 0. The first-order valence-electron chi connectivity index (χ1n) is 3.78. The molecule has 1 rings (SSSR count). The van der Waals surface area contributed by atoms with Crippen molar-refractivity contribution in [3.8, 4) is 0 Å². The van der Waals surface area contributed by atoms with Gasteiger partial charge in [0.2, 0.25) is 0 Å². The Labute approximate surface area is 112 Å². The lowest BCUT2D eigenvalue weighted by molar-refractivity contribution is 0.853. The maximum absolute atomic E-state index is 3.58. The summed E-state index contributed by atoms with van der Waals surface area (Å²) in [6, 6.07) is 2.06. The molecule has 0 aliphatic carbocycles. The van der Waals surface area contributed by atoms with Gasteiger partial charge in [-0.3, -0.25) is 0 Å². The second-order valence-electron chi connectivity index (χ2n) is 3.04. The lowest BCUT2D eigenvalue weighted by Gasteiger charge is -2.13. The predicted octanol–water partition coefficient (Wildman–Crippen LogP) is 5.86. The molecule has 4 heteroatoms. The minimum Gasteiger partial charge on any atom is -0.0586 e. The van der Waals surface area contributed by atoms with Gasteiger partial charge in [0.25, 0.3) is 0 Å². The molecule has 0 saturated heterocycles. The zero-order valence-corrected chi connectivity index (χ0v) is 13.5. The Hall–Kier alpha value is 1.14. The molecule has 0 unspecified atom stereocenters. The summed E-state index contributed by atoms with van der Waals surface area (Å²) in [4.78, 5) is 0. The van der Waals surface area contributed by atoms with Crippen LogP contribution in [0.15, 0.2) is 24.0 Å². The molecular formula is C9H8Br4. The average Bonchev–Trinajstić information content (AvgIpc) is 1.99. The molecule has 1 aromatic rings. The molecule has 0 radical (unpaired) electrons. The maximum Gasteiger partial charge on any atom is 0.0463 e. The van der Waals surface area contributed by atoms with Gasteiger partial charge in [-0.15, -0.1) is 0 Å². The van der Waals surface area contributed by atoms with Crippen LogP contribution in [-0.4, -0.2) is 0 Å². The Morgan fingerprint density at radius 3 is 1.92 bits per heavy atom. The molecule has 0 aliphatic rings. The van der Waals surface area contributed by atoms with Crippen LogP contribution in [0, 0.1) is 0 Å². The van der Waals surface area contributed by atoms with Crippen LogP contribution in [-0.2, 0) is 0 Å². The SMILES string of the molecule is CC(C)c1c(Br)cc(Br)c(Br)c1Br. The zero-order valence-electron chi connectivity index (χ0n) is 7.17. The van der Waals surface area contributed by atoms with Crippen LogP contribution in [0.1, 0.15) is 25.3 Å². The van der Waals surface area contributed by atoms with Crippen LogP contribution in [0.4, 0.5) is 0 Å². The lowest BCUT2D eigenvalue weighted by atomic mass is 10.0. The first-order chi connectivity index (χ1) is 5.95. The normalized spacial score (nSPS) is 11.0. The molecule has 0 bridgehead atoms. The Kier molecular flexibility index (Phi) is 4.48. The Morgan fingerprint density at radius 2 is 1.46 bits per heavy atom. The Bertz CT molecular complexity index is 331. The third-order valence-corrected chi connectivity index (χ3v) is 5.72. The van der Waals surface area contributed by atoms with Gasteiger partial charge in [-0.1, -0.05) is 29.8 Å². The molecule has 1 aromatic carbocycles. The van der Waals surface area contributed by atoms with Gasteiger partial charge in [-0.2, -0.15) is 0 Å². The molecule has 0 aromatic heterocycles. The molecule has 13 heavy (non-hydrogen) atoms. The van der Waals surface area contributed by atoms with Crippen molar-refractivity contribution in [1.29, 1.82) is 0 Å². The van der Waals surface area contributed by atoms with Crippen molar-refractivity contribution < 1.29 is 0 Å². The van der Waals surface area contributed by atoms with Gasteiger partial charge in [0.15, 0.2) is 0 Å². The summed E-state index contributed by atoms with van der Waals surface area (Å²) >= 11 is 14.1. The molecule has 0 fully saturated rings. The standard InChI is InChI=1S/C9H8Br4/c1-4(2)7-5(10)3-6(11)8(12)9(7)13/h3-4H,1-2H3. The molecule has 0 atom stereocenters.